The van der Waals surface area contributed by atoms with Gasteiger partial charge in [0.05, 0.1) is 10.0 Å². The molecule has 0 radical (unpaired) electrons. The van der Waals surface area contributed by atoms with E-state index in [-0.39, 0.29) is 5.57 Å². The first-order valence-corrected chi connectivity index (χ1v) is 7.20. The van der Waals surface area contributed by atoms with Crippen LogP contribution in [0.3, 0.4) is 0 Å². The molecule has 0 spiro atoms. The van der Waals surface area contributed by atoms with Gasteiger partial charge in [0.15, 0.2) is 0 Å². The molecule has 0 saturated carbocycles. The summed E-state index contributed by atoms with van der Waals surface area (Å²) in [5.41, 5.74) is 2.33. The van der Waals surface area contributed by atoms with E-state index in [0.29, 0.717) is 21.3 Å². The lowest BCUT2D eigenvalue weighted by Gasteiger charge is -2.05. The Kier molecular flexibility index (Phi) is 5.21. The first kappa shape index (κ1) is 16.1. The van der Waals surface area contributed by atoms with E-state index < -0.39 is 5.91 Å². The number of hydrogen-bond donors (Lipinski definition) is 1. The van der Waals surface area contributed by atoms with Crippen molar-refractivity contribution in [3.8, 4) is 6.07 Å². The van der Waals surface area contributed by atoms with E-state index in [1.54, 1.807) is 30.3 Å². The van der Waals surface area contributed by atoms with Gasteiger partial charge in [0, 0.05) is 5.69 Å². The fourth-order valence-electron chi connectivity index (χ4n) is 1.75. The van der Waals surface area contributed by atoms with Gasteiger partial charge in [0.1, 0.15) is 11.6 Å². The molecular weight excluding hydrogens is 319 g/mol. The van der Waals surface area contributed by atoms with Gasteiger partial charge in [-0.2, -0.15) is 5.26 Å². The molecule has 0 aromatic heterocycles. The van der Waals surface area contributed by atoms with Crippen molar-refractivity contribution in [1.82, 2.24) is 0 Å². The molecule has 0 heterocycles. The summed E-state index contributed by atoms with van der Waals surface area (Å²) in [6.07, 6.45) is 1.46. The van der Waals surface area contributed by atoms with E-state index in [2.05, 4.69) is 5.32 Å². The highest BCUT2D eigenvalue weighted by Gasteiger charge is 2.10. The summed E-state index contributed by atoms with van der Waals surface area (Å²) in [5.74, 6) is -0.475. The van der Waals surface area contributed by atoms with E-state index >= 15 is 0 Å². The van der Waals surface area contributed by atoms with Crippen molar-refractivity contribution in [3.63, 3.8) is 0 Å². The monoisotopic (exact) mass is 330 g/mol. The summed E-state index contributed by atoms with van der Waals surface area (Å²) in [7, 11) is 0. The lowest BCUT2D eigenvalue weighted by Crippen LogP contribution is -2.13. The lowest BCUT2D eigenvalue weighted by atomic mass is 10.1. The number of carbonyl (C=O) groups is 1. The highest BCUT2D eigenvalue weighted by molar-refractivity contribution is 6.42. The van der Waals surface area contributed by atoms with Crippen molar-refractivity contribution in [2.24, 2.45) is 0 Å². The molecule has 1 amide bonds. The van der Waals surface area contributed by atoms with Crippen LogP contribution in [0, 0.1) is 18.3 Å². The van der Waals surface area contributed by atoms with Gasteiger partial charge in [0.2, 0.25) is 0 Å². The molecule has 5 heteroatoms. The Morgan fingerprint density at radius 1 is 1.14 bits per heavy atom. The summed E-state index contributed by atoms with van der Waals surface area (Å²) in [6.45, 7) is 1.95. The minimum Gasteiger partial charge on any atom is -0.321 e. The Hall–Kier alpha value is -2.28. The molecule has 0 aliphatic heterocycles. The second kappa shape index (κ2) is 7.13. The van der Waals surface area contributed by atoms with Crippen LogP contribution in [0.25, 0.3) is 6.08 Å². The maximum absolute atomic E-state index is 12.1. The van der Waals surface area contributed by atoms with Gasteiger partial charge in [-0.05, 0) is 42.8 Å². The largest absolute Gasteiger partial charge is 0.321 e. The third-order valence-corrected chi connectivity index (χ3v) is 3.67. The first-order valence-electron chi connectivity index (χ1n) is 6.44. The van der Waals surface area contributed by atoms with Crippen LogP contribution in [-0.4, -0.2) is 5.91 Å². The second-order valence-corrected chi connectivity index (χ2v) is 5.48. The SMILES string of the molecule is Cc1ccc(NC(=O)/C(C#N)=C\c2ccc(Cl)c(Cl)c2)cc1. The van der Waals surface area contributed by atoms with Crippen molar-refractivity contribution in [2.45, 2.75) is 6.92 Å². The quantitative estimate of drug-likeness (QED) is 0.646. The fourth-order valence-corrected chi connectivity index (χ4v) is 2.06. The molecule has 3 nitrogen and oxygen atoms in total. The van der Waals surface area contributed by atoms with Gasteiger partial charge in [-0.1, -0.05) is 47.0 Å². The fraction of sp³-hybridized carbons (Fsp3) is 0.0588. The molecule has 22 heavy (non-hydrogen) atoms. The van der Waals surface area contributed by atoms with Crippen LogP contribution in [0.2, 0.25) is 10.0 Å². The zero-order valence-corrected chi connectivity index (χ0v) is 13.2. The number of anilines is 1. The lowest BCUT2D eigenvalue weighted by molar-refractivity contribution is -0.112. The standard InChI is InChI=1S/C17H12Cl2N2O/c1-11-2-5-14(6-3-11)21-17(22)13(10-20)8-12-4-7-15(18)16(19)9-12/h2-9H,1H3,(H,21,22)/b13-8-. The van der Waals surface area contributed by atoms with Crippen molar-refractivity contribution >= 4 is 40.9 Å². The number of amides is 1. The van der Waals surface area contributed by atoms with Crippen LogP contribution < -0.4 is 5.32 Å². The molecule has 2 rings (SSSR count). The Bertz CT molecular complexity index is 774. The Labute approximate surface area is 138 Å². The minimum absolute atomic E-state index is 0.0148. The maximum atomic E-state index is 12.1. The van der Waals surface area contributed by atoms with Crippen LogP contribution in [0.5, 0.6) is 0 Å². The van der Waals surface area contributed by atoms with Gasteiger partial charge < -0.3 is 5.32 Å². The Morgan fingerprint density at radius 2 is 1.82 bits per heavy atom. The first-order chi connectivity index (χ1) is 10.5. The predicted molar refractivity (Wildman–Crippen MR) is 89.9 cm³/mol. The molecule has 0 unspecified atom stereocenters. The number of aryl methyl sites for hydroxylation is 1. The average Bonchev–Trinajstić information content (AvgIpc) is 2.50. The van der Waals surface area contributed by atoms with Crippen molar-refractivity contribution in [1.29, 1.82) is 5.26 Å². The van der Waals surface area contributed by atoms with Crippen LogP contribution in [0.1, 0.15) is 11.1 Å². The molecule has 0 aliphatic rings. The highest BCUT2D eigenvalue weighted by atomic mass is 35.5. The van der Waals surface area contributed by atoms with Crippen LogP contribution in [0.4, 0.5) is 5.69 Å². The average molecular weight is 331 g/mol. The molecule has 0 fully saturated rings. The topological polar surface area (TPSA) is 52.9 Å². The molecule has 0 bridgehead atoms. The van der Waals surface area contributed by atoms with E-state index in [4.69, 9.17) is 28.5 Å². The van der Waals surface area contributed by atoms with Crippen LogP contribution in [0.15, 0.2) is 48.0 Å². The maximum Gasteiger partial charge on any atom is 0.266 e. The molecule has 1 N–H and O–H groups in total. The number of nitriles is 1. The van der Waals surface area contributed by atoms with Crippen LogP contribution in [-0.2, 0) is 4.79 Å². The number of nitrogens with zero attached hydrogens (tertiary/aromatic N) is 1. The Balaban J connectivity index is 2.21. The number of nitrogens with one attached hydrogen (secondary N) is 1. The van der Waals surface area contributed by atoms with E-state index in [1.165, 1.54) is 6.08 Å². The predicted octanol–water partition coefficient (Wildman–Crippen LogP) is 4.85. The zero-order chi connectivity index (χ0) is 16.1. The number of hydrogen-bond acceptors (Lipinski definition) is 2. The van der Waals surface area contributed by atoms with Gasteiger partial charge in [-0.15, -0.1) is 0 Å². The van der Waals surface area contributed by atoms with Crippen molar-refractivity contribution in [3.05, 3.63) is 69.2 Å². The summed E-state index contributed by atoms with van der Waals surface area (Å²) >= 11 is 11.8. The Morgan fingerprint density at radius 3 is 2.41 bits per heavy atom. The number of carbonyl (C=O) groups excluding carboxylic acids is 1. The van der Waals surface area contributed by atoms with Gasteiger partial charge in [0.25, 0.3) is 5.91 Å². The second-order valence-electron chi connectivity index (χ2n) is 4.66. The van der Waals surface area contributed by atoms with E-state index in [0.717, 1.165) is 5.56 Å². The van der Waals surface area contributed by atoms with E-state index in [1.807, 2.05) is 25.1 Å². The zero-order valence-electron chi connectivity index (χ0n) is 11.7. The molecular formula is C17H12Cl2N2O. The molecule has 110 valence electrons. The molecule has 2 aromatic rings. The number of rotatable bonds is 3. The minimum atomic E-state index is -0.475. The third kappa shape index (κ3) is 4.11. The molecule has 0 aliphatic carbocycles. The third-order valence-electron chi connectivity index (χ3n) is 2.93. The van der Waals surface area contributed by atoms with Crippen molar-refractivity contribution < 1.29 is 4.79 Å². The van der Waals surface area contributed by atoms with E-state index in [9.17, 15) is 4.79 Å². The summed E-state index contributed by atoms with van der Waals surface area (Å²) < 4.78 is 0. The molecule has 2 aromatic carbocycles. The summed E-state index contributed by atoms with van der Waals surface area (Å²) in [4.78, 5) is 12.1. The van der Waals surface area contributed by atoms with Gasteiger partial charge in [-0.25, -0.2) is 0 Å². The smallest absolute Gasteiger partial charge is 0.266 e. The number of benzene rings is 2. The van der Waals surface area contributed by atoms with Crippen LogP contribution >= 0.6 is 23.2 Å². The van der Waals surface area contributed by atoms with Gasteiger partial charge >= 0.3 is 0 Å². The van der Waals surface area contributed by atoms with Crippen molar-refractivity contribution in [2.75, 3.05) is 5.32 Å². The summed E-state index contributed by atoms with van der Waals surface area (Å²) in [5, 5.41) is 12.6. The highest BCUT2D eigenvalue weighted by Crippen LogP contribution is 2.23. The number of halogens is 2. The normalized spacial score (nSPS) is 10.9. The molecule has 0 atom stereocenters. The molecule has 0 saturated heterocycles. The summed E-state index contributed by atoms with van der Waals surface area (Å²) in [6, 6.07) is 14.1. The van der Waals surface area contributed by atoms with Gasteiger partial charge in [-0.3, -0.25) is 4.79 Å².